The van der Waals surface area contributed by atoms with Crippen LogP contribution in [0.5, 0.6) is 0 Å². The molecular formula is C37H70N2O25. The highest BCUT2D eigenvalue weighted by Gasteiger charge is 2.53. The summed E-state index contributed by atoms with van der Waals surface area (Å²) < 4.78 is 33.5. The van der Waals surface area contributed by atoms with Gasteiger partial charge in [-0.1, -0.05) is 13.8 Å². The van der Waals surface area contributed by atoms with Crippen LogP contribution in [0.15, 0.2) is 0 Å². The second kappa shape index (κ2) is 27.7. The zero-order valence-corrected chi connectivity index (χ0v) is 35.8. The third kappa shape index (κ3) is 16.1. The van der Waals surface area contributed by atoms with Crippen LogP contribution in [0.3, 0.4) is 0 Å². The molecule has 0 spiro atoms. The second-order valence-corrected chi connectivity index (χ2v) is 16.0. The number of nitrogens with one attached hydrogen (secondary N) is 2. The van der Waals surface area contributed by atoms with Crippen LogP contribution in [-0.4, -0.2) is 267 Å². The summed E-state index contributed by atoms with van der Waals surface area (Å²) in [6.45, 7) is 1.91. The van der Waals surface area contributed by atoms with Crippen molar-refractivity contribution < 1.29 is 125 Å². The minimum absolute atomic E-state index is 0.296. The average Bonchev–Trinajstić information content (AvgIpc) is 3.24. The van der Waals surface area contributed by atoms with Crippen LogP contribution in [0.25, 0.3) is 0 Å². The minimum atomic E-state index is -2.63. The standard InChI is InChI=1S/C37H70N2O25/c1-13(2)30-21(38-14(3)44)25(51)33(19(11-42)60-30)64-37-22(39-15(4)45)26(52)32(20(12-43)61-37)63-36(58)29(55)31(62-35(57)28(54)24(50)17(47)6-9-41)18(48)7-10-59-34(56)27(53)23(49)16(46)5-8-40/h13,16-37,40-43,46-58H,5-12H2,1-4H3,(H,38,44)(H,39,45). The van der Waals surface area contributed by atoms with E-state index in [9.17, 15) is 86.2 Å². The van der Waals surface area contributed by atoms with E-state index in [4.69, 9.17) is 38.6 Å². The molecule has 27 heteroatoms. The van der Waals surface area contributed by atoms with Gasteiger partial charge >= 0.3 is 0 Å². The summed E-state index contributed by atoms with van der Waals surface area (Å²) in [5.41, 5.74) is 0. The van der Waals surface area contributed by atoms with E-state index in [1.54, 1.807) is 13.8 Å². The molecule has 0 aromatic carbocycles. The molecule has 22 unspecified atom stereocenters. The highest BCUT2D eigenvalue weighted by atomic mass is 16.7. The predicted molar refractivity (Wildman–Crippen MR) is 208 cm³/mol. The molecule has 0 aliphatic carbocycles. The molecule has 27 nitrogen and oxygen atoms in total. The van der Waals surface area contributed by atoms with Crippen molar-refractivity contribution in [1.82, 2.24) is 10.6 Å². The quantitative estimate of drug-likeness (QED) is 0.0324. The third-order valence-electron chi connectivity index (χ3n) is 10.7. The van der Waals surface area contributed by atoms with E-state index < -0.39 is 193 Å². The maximum atomic E-state index is 12.4. The first-order valence-corrected chi connectivity index (χ1v) is 20.7. The fourth-order valence-electron chi connectivity index (χ4n) is 7.18. The van der Waals surface area contributed by atoms with E-state index in [0.717, 1.165) is 6.92 Å². The van der Waals surface area contributed by atoms with Crippen molar-refractivity contribution in [3.8, 4) is 0 Å². The molecule has 2 saturated heterocycles. The number of rotatable bonds is 28. The molecule has 2 rings (SSSR count). The predicted octanol–water partition coefficient (Wildman–Crippen LogP) is -9.98. The highest BCUT2D eigenvalue weighted by Crippen LogP contribution is 2.33. The Morgan fingerprint density at radius 3 is 1.56 bits per heavy atom. The van der Waals surface area contributed by atoms with Crippen molar-refractivity contribution in [3.05, 3.63) is 0 Å². The van der Waals surface area contributed by atoms with Crippen molar-refractivity contribution in [2.75, 3.05) is 33.0 Å². The van der Waals surface area contributed by atoms with Crippen molar-refractivity contribution in [2.24, 2.45) is 5.92 Å². The third-order valence-corrected chi connectivity index (χ3v) is 10.7. The molecule has 2 fully saturated rings. The Morgan fingerprint density at radius 1 is 0.594 bits per heavy atom. The van der Waals surface area contributed by atoms with Gasteiger partial charge in [-0.15, -0.1) is 0 Å². The zero-order valence-electron chi connectivity index (χ0n) is 35.8. The smallest absolute Gasteiger partial charge is 0.217 e. The molecule has 378 valence electrons. The zero-order chi connectivity index (χ0) is 48.7. The lowest BCUT2D eigenvalue weighted by molar-refractivity contribution is -0.340. The first-order valence-electron chi connectivity index (χ1n) is 20.7. The van der Waals surface area contributed by atoms with Crippen LogP contribution in [0, 0.1) is 5.92 Å². The van der Waals surface area contributed by atoms with Crippen LogP contribution in [0.1, 0.15) is 47.0 Å². The van der Waals surface area contributed by atoms with Crippen molar-refractivity contribution in [1.29, 1.82) is 0 Å². The van der Waals surface area contributed by atoms with E-state index in [1.165, 1.54) is 6.92 Å². The number of aliphatic hydroxyl groups is 17. The van der Waals surface area contributed by atoms with Crippen molar-refractivity contribution in [2.45, 2.75) is 182 Å². The van der Waals surface area contributed by atoms with Crippen LogP contribution < -0.4 is 10.6 Å². The lowest BCUT2D eigenvalue weighted by atomic mass is 9.87. The maximum absolute atomic E-state index is 12.4. The van der Waals surface area contributed by atoms with Crippen LogP contribution in [0.4, 0.5) is 0 Å². The second-order valence-electron chi connectivity index (χ2n) is 16.0. The molecule has 2 heterocycles. The lowest BCUT2D eigenvalue weighted by Crippen LogP contribution is -2.70. The van der Waals surface area contributed by atoms with E-state index in [0.29, 0.717) is 0 Å². The summed E-state index contributed by atoms with van der Waals surface area (Å²) in [5.74, 6) is -1.64. The fourth-order valence-corrected chi connectivity index (χ4v) is 7.18. The van der Waals surface area contributed by atoms with Crippen LogP contribution in [-0.2, 0) is 38.0 Å². The number of aliphatic hydroxyl groups excluding tert-OH is 17. The van der Waals surface area contributed by atoms with Gasteiger partial charge in [0, 0.05) is 27.1 Å². The number of hydrogen-bond acceptors (Lipinski definition) is 25. The molecule has 2 amide bonds. The Balaban J connectivity index is 2.40. The molecular weight excluding hydrogens is 872 g/mol. The van der Waals surface area contributed by atoms with E-state index >= 15 is 0 Å². The largest absolute Gasteiger partial charge is 0.396 e. The van der Waals surface area contributed by atoms with Crippen molar-refractivity contribution in [3.63, 3.8) is 0 Å². The van der Waals surface area contributed by atoms with Crippen LogP contribution in [0.2, 0.25) is 0 Å². The Hall–Kier alpha value is -1.98. The summed E-state index contributed by atoms with van der Waals surface area (Å²) in [6.07, 6.45) is -41.0. The summed E-state index contributed by atoms with van der Waals surface area (Å²) in [6, 6.07) is -2.78. The monoisotopic (exact) mass is 942 g/mol. The molecule has 0 radical (unpaired) electrons. The first-order chi connectivity index (χ1) is 30.0. The average molecular weight is 943 g/mol. The molecule has 0 aromatic heterocycles. The summed E-state index contributed by atoms with van der Waals surface area (Å²) in [7, 11) is 0. The van der Waals surface area contributed by atoms with Gasteiger partial charge in [0.2, 0.25) is 11.8 Å². The Kier molecular flexibility index (Phi) is 25.2. The fraction of sp³-hybridized carbons (Fsp3) is 0.946. The number of amides is 2. The highest BCUT2D eigenvalue weighted by molar-refractivity contribution is 5.73. The van der Waals surface area contributed by atoms with Gasteiger partial charge in [-0.05, 0) is 25.2 Å². The van der Waals surface area contributed by atoms with E-state index in [-0.39, 0.29) is 12.3 Å². The SMILES string of the molecule is CC(=O)NC1C(OC2C(CO)OC(C(C)C)C(NC(C)=O)C2O)OC(CO)C(OC(O)C(O)C(OC(O)C(O)C(O)C(O)CCO)C(O)CCOC(O)C(O)C(O)C(O)CCO)C1O. The van der Waals surface area contributed by atoms with E-state index in [2.05, 4.69) is 10.6 Å². The van der Waals surface area contributed by atoms with Gasteiger partial charge in [-0.25, -0.2) is 0 Å². The Bertz CT molecular complexity index is 1340. The number of carbonyl (C=O) groups is 2. The summed E-state index contributed by atoms with van der Waals surface area (Å²) in [4.78, 5) is 24.4. The number of hydrogen-bond donors (Lipinski definition) is 19. The minimum Gasteiger partial charge on any atom is -0.396 e. The molecule has 19 N–H and O–H groups in total. The summed E-state index contributed by atoms with van der Waals surface area (Å²) >= 11 is 0. The molecule has 2 aliphatic heterocycles. The molecule has 0 saturated carbocycles. The number of carbonyl (C=O) groups excluding carboxylic acids is 2. The lowest BCUT2D eigenvalue weighted by Gasteiger charge is -2.49. The Morgan fingerprint density at radius 2 is 1.08 bits per heavy atom. The molecule has 2 aliphatic rings. The van der Waals surface area contributed by atoms with E-state index in [1.807, 2.05) is 0 Å². The van der Waals surface area contributed by atoms with Crippen LogP contribution >= 0.6 is 0 Å². The van der Waals surface area contributed by atoms with Gasteiger partial charge in [0.25, 0.3) is 0 Å². The summed E-state index contributed by atoms with van der Waals surface area (Å²) in [5, 5.41) is 182. The molecule has 64 heavy (non-hydrogen) atoms. The van der Waals surface area contributed by atoms with Gasteiger partial charge in [-0.3, -0.25) is 9.59 Å². The van der Waals surface area contributed by atoms with Gasteiger partial charge in [-0.2, -0.15) is 0 Å². The maximum Gasteiger partial charge on any atom is 0.217 e. The molecule has 22 atom stereocenters. The molecule has 0 bridgehead atoms. The first kappa shape index (κ1) is 58.1. The van der Waals surface area contributed by atoms with Gasteiger partial charge in [0.05, 0.1) is 50.3 Å². The topological polar surface area (TPSA) is 457 Å². The van der Waals surface area contributed by atoms with Gasteiger partial charge in [0.15, 0.2) is 25.2 Å². The number of ether oxygens (including phenoxy) is 6. The molecule has 0 aromatic rings. The van der Waals surface area contributed by atoms with Gasteiger partial charge in [0.1, 0.15) is 79.3 Å². The normalized spacial score (nSPS) is 32.3. The van der Waals surface area contributed by atoms with Gasteiger partial charge < -0.3 is 126 Å². The van der Waals surface area contributed by atoms with Crippen molar-refractivity contribution >= 4 is 11.8 Å². The Labute approximate surface area is 367 Å².